The van der Waals surface area contributed by atoms with Crippen molar-refractivity contribution in [3.05, 3.63) is 65.7 Å². The largest absolute Gasteiger partial charge is 0.508 e. The summed E-state index contributed by atoms with van der Waals surface area (Å²) in [5, 5.41) is 32.5. The number of hydrogen-bond donors (Lipinski definition) is 10. The first-order chi connectivity index (χ1) is 28.8. The average Bonchev–Trinajstić information content (AvgIpc) is 3.70. The number of nitrogens with zero attached hydrogens (tertiary/aromatic N) is 1. The molecule has 0 unspecified atom stereocenters. The molecule has 334 valence electrons. The number of phenols is 1. The number of amides is 8. The van der Waals surface area contributed by atoms with Crippen LogP contribution in [0.4, 0.5) is 0 Å². The maximum Gasteiger partial charge on any atom is 0.246 e. The summed E-state index contributed by atoms with van der Waals surface area (Å²) < 4.78 is 0. The smallest absolute Gasteiger partial charge is 0.246 e. The molecule has 0 aliphatic carbocycles. The predicted octanol–water partition coefficient (Wildman–Crippen LogP) is -1.64. The van der Waals surface area contributed by atoms with Gasteiger partial charge in [-0.3, -0.25) is 38.4 Å². The molecule has 19 heteroatoms. The minimum absolute atomic E-state index is 0.0328. The Kier molecular flexibility index (Phi) is 19.1. The van der Waals surface area contributed by atoms with Crippen LogP contribution in [0.25, 0.3) is 0 Å². The van der Waals surface area contributed by atoms with E-state index in [1.54, 1.807) is 30.3 Å². The van der Waals surface area contributed by atoms with E-state index in [4.69, 9.17) is 17.2 Å². The highest BCUT2D eigenvalue weighted by Gasteiger charge is 2.39. The molecule has 1 aliphatic rings. The second-order valence-corrected chi connectivity index (χ2v) is 16.2. The Morgan fingerprint density at radius 2 is 1.10 bits per heavy atom. The van der Waals surface area contributed by atoms with Crippen LogP contribution in [0, 0.1) is 11.8 Å². The minimum Gasteiger partial charge on any atom is -0.508 e. The van der Waals surface area contributed by atoms with Gasteiger partial charge in [0.15, 0.2) is 0 Å². The zero-order valence-corrected chi connectivity index (χ0v) is 35.1. The molecule has 0 spiro atoms. The van der Waals surface area contributed by atoms with E-state index in [-0.39, 0.29) is 49.8 Å². The van der Waals surface area contributed by atoms with Crippen molar-refractivity contribution in [1.29, 1.82) is 0 Å². The number of likely N-dealkylation sites (tertiary alicyclic amines) is 1. The zero-order chi connectivity index (χ0) is 45.4. The monoisotopic (exact) mass is 851 g/mol. The van der Waals surface area contributed by atoms with Crippen molar-refractivity contribution in [1.82, 2.24) is 31.5 Å². The lowest BCUT2D eigenvalue weighted by molar-refractivity contribution is -0.142. The summed E-state index contributed by atoms with van der Waals surface area (Å²) >= 11 is 0. The Morgan fingerprint density at radius 3 is 1.56 bits per heavy atom. The number of benzene rings is 2. The fourth-order valence-electron chi connectivity index (χ4n) is 6.92. The topological polar surface area (TPSA) is 318 Å². The normalized spacial score (nSPS) is 16.7. The van der Waals surface area contributed by atoms with Crippen LogP contribution in [0.15, 0.2) is 54.6 Å². The third-order valence-electron chi connectivity index (χ3n) is 10.0. The van der Waals surface area contributed by atoms with Crippen LogP contribution in [0.5, 0.6) is 5.75 Å². The third kappa shape index (κ3) is 15.8. The Labute approximate surface area is 355 Å². The van der Waals surface area contributed by atoms with Gasteiger partial charge < -0.3 is 58.9 Å². The van der Waals surface area contributed by atoms with Gasteiger partial charge >= 0.3 is 0 Å². The van der Waals surface area contributed by atoms with Crippen molar-refractivity contribution in [2.45, 2.75) is 115 Å². The Morgan fingerprint density at radius 1 is 0.656 bits per heavy atom. The lowest BCUT2D eigenvalue weighted by atomic mass is 9.98. The summed E-state index contributed by atoms with van der Waals surface area (Å²) in [6, 6.07) is 5.81. The summed E-state index contributed by atoms with van der Waals surface area (Å²) in [6.45, 7) is 6.77. The van der Waals surface area contributed by atoms with Gasteiger partial charge in [-0.15, -0.1) is 0 Å². The molecule has 61 heavy (non-hydrogen) atoms. The molecule has 0 radical (unpaired) electrons. The highest BCUT2D eigenvalue weighted by molar-refractivity contribution is 5.98. The highest BCUT2D eigenvalue weighted by Crippen LogP contribution is 2.19. The molecule has 1 fully saturated rings. The number of nitrogens with one attached hydrogen (secondary N) is 5. The summed E-state index contributed by atoms with van der Waals surface area (Å²) in [7, 11) is 0. The number of nitrogens with two attached hydrogens (primary N) is 3. The molecule has 0 bridgehead atoms. The van der Waals surface area contributed by atoms with E-state index in [0.29, 0.717) is 24.0 Å². The van der Waals surface area contributed by atoms with E-state index in [0.717, 1.165) is 0 Å². The van der Waals surface area contributed by atoms with Crippen LogP contribution in [-0.4, -0.2) is 118 Å². The van der Waals surface area contributed by atoms with Crippen LogP contribution in [0.3, 0.4) is 0 Å². The highest BCUT2D eigenvalue weighted by atomic mass is 16.3. The maximum absolute atomic E-state index is 14.2. The van der Waals surface area contributed by atoms with E-state index in [2.05, 4.69) is 26.6 Å². The number of aliphatic hydroxyl groups excluding tert-OH is 1. The number of rotatable bonds is 23. The molecule has 0 saturated carbocycles. The Bertz CT molecular complexity index is 1840. The molecule has 7 atom stereocenters. The van der Waals surface area contributed by atoms with Crippen molar-refractivity contribution < 1.29 is 48.6 Å². The first kappa shape index (κ1) is 49.3. The minimum atomic E-state index is -1.51. The second-order valence-electron chi connectivity index (χ2n) is 16.2. The summed E-state index contributed by atoms with van der Waals surface area (Å²) in [4.78, 5) is 108. The predicted molar refractivity (Wildman–Crippen MR) is 223 cm³/mol. The fourth-order valence-corrected chi connectivity index (χ4v) is 6.92. The van der Waals surface area contributed by atoms with Crippen LogP contribution < -0.4 is 43.8 Å². The van der Waals surface area contributed by atoms with E-state index in [1.165, 1.54) is 29.2 Å². The molecule has 8 amide bonds. The lowest BCUT2D eigenvalue weighted by Crippen LogP contribution is -2.61. The number of carbonyl (C=O) groups excluding carboxylic acids is 8. The first-order valence-corrected chi connectivity index (χ1v) is 20.4. The molecule has 13 N–H and O–H groups in total. The molecule has 1 saturated heterocycles. The van der Waals surface area contributed by atoms with Crippen LogP contribution >= 0.6 is 0 Å². The SMILES string of the molecule is CC(C)C[C@H](NC(=O)[C@H](CC(C)C)NC(=O)[C@H](Cc1ccccc1)NC(=O)[C@@H](N)CO)C(=O)N[C@@H](Cc1ccc(O)cc1)C(=O)N[C@@H](CC(N)=O)C(=O)N1CCC[C@H]1C(N)=O. The fraction of sp³-hybridized carbons (Fsp3) is 0.524. The quantitative estimate of drug-likeness (QED) is 0.0605. The molecule has 0 aromatic heterocycles. The van der Waals surface area contributed by atoms with Crippen molar-refractivity contribution in [3.63, 3.8) is 0 Å². The van der Waals surface area contributed by atoms with Crippen LogP contribution in [-0.2, 0) is 51.2 Å². The third-order valence-corrected chi connectivity index (χ3v) is 10.0. The van der Waals surface area contributed by atoms with Gasteiger partial charge in [0.25, 0.3) is 0 Å². The number of hydrogen-bond acceptors (Lipinski definition) is 11. The number of phenolic OH excluding ortho intramolecular Hbond substituents is 1. The standard InChI is InChI=1S/C42H61N9O10/c1-23(2)17-29(48-40(59)31(46-37(56)28(43)22-52)19-25-9-6-5-7-10-25)38(57)47-30(18-24(3)4)39(58)49-32(20-26-12-14-27(53)15-13-26)41(60)50-33(21-35(44)54)42(61)51-16-8-11-34(51)36(45)55/h5-7,9-10,12-15,23-24,28-34,52-53H,8,11,16-22,43H2,1-4H3,(H2,44,54)(H2,45,55)(H,46,56)(H,47,57)(H,48,59)(H,49,58)(H,50,60)/t28-,29-,30-,31-,32-,33-,34-/m0/s1. The molecule has 1 aliphatic heterocycles. The molecule has 2 aromatic rings. The van der Waals surface area contributed by atoms with Crippen molar-refractivity contribution >= 4 is 47.3 Å². The number of aromatic hydroxyl groups is 1. The van der Waals surface area contributed by atoms with Crippen LogP contribution in [0.2, 0.25) is 0 Å². The maximum atomic E-state index is 14.2. The summed E-state index contributed by atoms with van der Waals surface area (Å²) in [5.74, 6) is -6.66. The zero-order valence-electron chi connectivity index (χ0n) is 35.1. The first-order valence-electron chi connectivity index (χ1n) is 20.4. The van der Waals surface area contributed by atoms with Crippen molar-refractivity contribution in [2.75, 3.05) is 13.2 Å². The van der Waals surface area contributed by atoms with Gasteiger partial charge in [0.1, 0.15) is 48.0 Å². The van der Waals surface area contributed by atoms with E-state index >= 15 is 0 Å². The Balaban J connectivity index is 1.90. The summed E-state index contributed by atoms with van der Waals surface area (Å²) in [5.41, 5.74) is 17.9. The Hall–Kier alpha value is -6.08. The van der Waals surface area contributed by atoms with E-state index in [1.807, 2.05) is 27.7 Å². The molecule has 3 rings (SSSR count). The average molecular weight is 852 g/mol. The van der Waals surface area contributed by atoms with Gasteiger partial charge in [-0.2, -0.15) is 0 Å². The van der Waals surface area contributed by atoms with E-state index < -0.39 is 103 Å². The van der Waals surface area contributed by atoms with Gasteiger partial charge in [0.2, 0.25) is 47.3 Å². The number of aliphatic hydroxyl groups is 1. The molecular weight excluding hydrogens is 791 g/mol. The van der Waals surface area contributed by atoms with Gasteiger partial charge in [-0.1, -0.05) is 70.2 Å². The van der Waals surface area contributed by atoms with Crippen molar-refractivity contribution in [3.8, 4) is 5.75 Å². The summed E-state index contributed by atoms with van der Waals surface area (Å²) in [6.07, 6.45) is 0.232. The van der Waals surface area contributed by atoms with Gasteiger partial charge in [-0.25, -0.2) is 0 Å². The lowest BCUT2D eigenvalue weighted by Gasteiger charge is -2.30. The van der Waals surface area contributed by atoms with Crippen LogP contribution in [0.1, 0.15) is 70.9 Å². The molecule has 2 aromatic carbocycles. The number of carbonyl (C=O) groups is 8. The molecule has 19 nitrogen and oxygen atoms in total. The molecular formula is C42H61N9O10. The van der Waals surface area contributed by atoms with Crippen molar-refractivity contribution in [2.24, 2.45) is 29.0 Å². The van der Waals surface area contributed by atoms with Gasteiger partial charge in [-0.05, 0) is 60.8 Å². The second kappa shape index (κ2) is 23.6. The van der Waals surface area contributed by atoms with E-state index in [9.17, 15) is 48.6 Å². The number of primary amides is 2. The van der Waals surface area contributed by atoms with Gasteiger partial charge in [0, 0.05) is 19.4 Å². The molecule has 1 heterocycles. The van der Waals surface area contributed by atoms with Gasteiger partial charge in [0.05, 0.1) is 13.0 Å².